The predicted octanol–water partition coefficient (Wildman–Crippen LogP) is 3.50. The molecule has 9 nitrogen and oxygen atoms in total. The van der Waals surface area contributed by atoms with Gasteiger partial charge in [0, 0.05) is 42.6 Å². The molecule has 0 aliphatic carbocycles. The Bertz CT molecular complexity index is 1370. The van der Waals surface area contributed by atoms with Crippen LogP contribution in [-0.4, -0.2) is 78.6 Å². The molecule has 3 fully saturated rings. The lowest BCUT2D eigenvalue weighted by molar-refractivity contribution is 0.0989. The number of pyridine rings is 1. The van der Waals surface area contributed by atoms with E-state index < -0.39 is 0 Å². The van der Waals surface area contributed by atoms with Crippen molar-refractivity contribution < 1.29 is 4.74 Å². The van der Waals surface area contributed by atoms with E-state index in [0.29, 0.717) is 23.8 Å². The van der Waals surface area contributed by atoms with Crippen LogP contribution in [-0.2, 0) is 4.74 Å². The quantitative estimate of drug-likeness (QED) is 0.548. The van der Waals surface area contributed by atoms with Crippen molar-refractivity contribution in [1.29, 1.82) is 5.26 Å². The molecule has 0 amide bonds. The molecule has 6 rings (SSSR count). The number of fused-ring (bicyclic) bond motifs is 3. The van der Waals surface area contributed by atoms with Gasteiger partial charge < -0.3 is 24.8 Å². The van der Waals surface area contributed by atoms with E-state index in [4.69, 9.17) is 19.9 Å². The minimum Gasteiger partial charge on any atom is -0.374 e. The molecule has 2 bridgehead atoms. The van der Waals surface area contributed by atoms with E-state index in [1.54, 1.807) is 0 Å². The highest BCUT2D eigenvalue weighted by Gasteiger charge is 2.40. The van der Waals surface area contributed by atoms with Gasteiger partial charge in [0.25, 0.3) is 0 Å². The molecule has 1 N–H and O–H groups in total. The fraction of sp³-hybridized carbons (Fsp3) is 0.500. The summed E-state index contributed by atoms with van der Waals surface area (Å²) in [6.45, 7) is 7.62. The lowest BCUT2D eigenvalue weighted by Crippen LogP contribution is -2.37. The summed E-state index contributed by atoms with van der Waals surface area (Å²) in [6.07, 6.45) is 4.44. The van der Waals surface area contributed by atoms with Crippen molar-refractivity contribution in [2.75, 3.05) is 55.5 Å². The summed E-state index contributed by atoms with van der Waals surface area (Å²) in [5, 5.41) is 24.6. The van der Waals surface area contributed by atoms with E-state index in [1.165, 1.54) is 0 Å². The van der Waals surface area contributed by atoms with Gasteiger partial charge in [0.05, 0.1) is 36.4 Å². The maximum Gasteiger partial charge on any atom is 0.160 e. The molecule has 2 aromatic heterocycles. The highest BCUT2D eigenvalue weighted by Crippen LogP contribution is 2.37. The van der Waals surface area contributed by atoms with Gasteiger partial charge in [-0.05, 0) is 64.0 Å². The average Bonchev–Trinajstić information content (AvgIpc) is 3.66. The van der Waals surface area contributed by atoms with Crippen molar-refractivity contribution >= 4 is 28.2 Å². The van der Waals surface area contributed by atoms with Gasteiger partial charge in [0.2, 0.25) is 0 Å². The normalized spacial score (nSPS) is 23.7. The van der Waals surface area contributed by atoms with Crippen molar-refractivity contribution in [2.24, 2.45) is 0 Å². The van der Waals surface area contributed by atoms with E-state index in [0.717, 1.165) is 78.4 Å². The molecule has 5 heterocycles. The Kier molecular flexibility index (Phi) is 6.09. The van der Waals surface area contributed by atoms with Crippen LogP contribution in [0, 0.1) is 18.3 Å². The number of anilines is 3. The monoisotopic (exact) mass is 498 g/mol. The SMILES string of the molecule is Cc1c(C#N)cccc1[C@@H](C)Nc1nnc(N2CC[C@@H](N(C)C)C2)c2cnc(N3C[C@H]4C[C@@H]3CO4)cc12. The number of hydrogen-bond acceptors (Lipinski definition) is 9. The Morgan fingerprint density at radius 3 is 2.78 bits per heavy atom. The smallest absolute Gasteiger partial charge is 0.160 e. The van der Waals surface area contributed by atoms with E-state index in [-0.39, 0.29) is 6.04 Å². The third-order valence-corrected chi connectivity index (χ3v) is 8.33. The number of nitrogens with one attached hydrogen (secondary N) is 1. The fourth-order valence-electron chi connectivity index (χ4n) is 6.08. The first-order chi connectivity index (χ1) is 17.9. The maximum atomic E-state index is 9.50. The maximum absolute atomic E-state index is 9.50. The van der Waals surface area contributed by atoms with Gasteiger partial charge in [-0.3, -0.25) is 0 Å². The van der Waals surface area contributed by atoms with Gasteiger partial charge in [-0.15, -0.1) is 10.2 Å². The second kappa shape index (κ2) is 9.43. The second-order valence-electron chi connectivity index (χ2n) is 10.8. The molecule has 0 saturated carbocycles. The van der Waals surface area contributed by atoms with Gasteiger partial charge in [0.1, 0.15) is 5.82 Å². The third-order valence-electron chi connectivity index (χ3n) is 8.33. The number of hydrogen-bond donors (Lipinski definition) is 1. The highest BCUT2D eigenvalue weighted by atomic mass is 16.5. The molecule has 4 atom stereocenters. The summed E-state index contributed by atoms with van der Waals surface area (Å²) in [5.74, 6) is 2.60. The zero-order chi connectivity index (χ0) is 25.7. The first-order valence-corrected chi connectivity index (χ1v) is 13.1. The van der Waals surface area contributed by atoms with Crippen molar-refractivity contribution in [3.63, 3.8) is 0 Å². The van der Waals surface area contributed by atoms with Crippen LogP contribution in [0.5, 0.6) is 0 Å². The Labute approximate surface area is 218 Å². The number of ether oxygens (including phenoxy) is 1. The number of benzene rings is 1. The van der Waals surface area contributed by atoms with Crippen LogP contribution in [0.25, 0.3) is 10.8 Å². The molecule has 3 aliphatic rings. The van der Waals surface area contributed by atoms with Gasteiger partial charge in [-0.1, -0.05) is 12.1 Å². The Morgan fingerprint density at radius 1 is 1.22 bits per heavy atom. The molecule has 192 valence electrons. The van der Waals surface area contributed by atoms with Crippen molar-refractivity contribution in [3.05, 3.63) is 47.2 Å². The average molecular weight is 499 g/mol. The third kappa shape index (κ3) is 4.24. The van der Waals surface area contributed by atoms with E-state index in [2.05, 4.69) is 59.2 Å². The Balaban J connectivity index is 1.39. The molecular formula is C28H34N8O. The molecule has 1 aromatic carbocycles. The van der Waals surface area contributed by atoms with Crippen LogP contribution in [0.15, 0.2) is 30.5 Å². The van der Waals surface area contributed by atoms with Crippen LogP contribution in [0.4, 0.5) is 17.5 Å². The number of nitrogens with zero attached hydrogens (tertiary/aromatic N) is 7. The largest absolute Gasteiger partial charge is 0.374 e. The number of aromatic nitrogens is 3. The number of rotatable bonds is 6. The van der Waals surface area contributed by atoms with Gasteiger partial charge in [0.15, 0.2) is 11.6 Å². The zero-order valence-corrected chi connectivity index (χ0v) is 22.0. The summed E-state index contributed by atoms with van der Waals surface area (Å²) < 4.78 is 5.82. The Morgan fingerprint density at radius 2 is 2.08 bits per heavy atom. The van der Waals surface area contributed by atoms with E-state index >= 15 is 0 Å². The summed E-state index contributed by atoms with van der Waals surface area (Å²) in [7, 11) is 4.27. The first kappa shape index (κ1) is 23.9. The van der Waals surface area contributed by atoms with Crippen molar-refractivity contribution in [2.45, 2.75) is 50.9 Å². The number of nitriles is 1. The van der Waals surface area contributed by atoms with Crippen molar-refractivity contribution in [3.8, 4) is 6.07 Å². The minimum absolute atomic E-state index is 0.0469. The van der Waals surface area contributed by atoms with Crippen LogP contribution >= 0.6 is 0 Å². The van der Waals surface area contributed by atoms with Crippen LogP contribution in [0.2, 0.25) is 0 Å². The molecule has 9 heteroatoms. The Hall–Kier alpha value is -3.48. The van der Waals surface area contributed by atoms with Gasteiger partial charge >= 0.3 is 0 Å². The second-order valence-corrected chi connectivity index (χ2v) is 10.8. The van der Waals surface area contributed by atoms with Crippen LogP contribution in [0.1, 0.15) is 42.5 Å². The summed E-state index contributed by atoms with van der Waals surface area (Å²) >= 11 is 0. The lowest BCUT2D eigenvalue weighted by Gasteiger charge is -2.28. The van der Waals surface area contributed by atoms with Gasteiger partial charge in [-0.25, -0.2) is 4.98 Å². The zero-order valence-electron chi connectivity index (χ0n) is 22.0. The molecule has 0 radical (unpaired) electrons. The first-order valence-electron chi connectivity index (χ1n) is 13.1. The fourth-order valence-corrected chi connectivity index (χ4v) is 6.08. The summed E-state index contributed by atoms with van der Waals surface area (Å²) in [5.41, 5.74) is 2.76. The predicted molar refractivity (Wildman–Crippen MR) is 145 cm³/mol. The molecule has 3 aromatic rings. The van der Waals surface area contributed by atoms with Crippen LogP contribution in [0.3, 0.4) is 0 Å². The standard InChI is InChI=1S/C28H34N8O/c1-17-19(12-29)6-5-7-23(17)18(2)31-27-24-11-26(36-15-22-10-21(36)16-37-22)30-13-25(24)28(33-32-27)35-9-8-20(14-35)34(3)4/h5-7,11,13,18,20-22H,8-10,14-16H2,1-4H3,(H,31,32)/t18-,20-,21-,22-/m1/s1. The minimum atomic E-state index is -0.0469. The topological polar surface area (TPSA) is 93.4 Å². The van der Waals surface area contributed by atoms with Crippen molar-refractivity contribution in [1.82, 2.24) is 20.1 Å². The summed E-state index contributed by atoms with van der Waals surface area (Å²) in [6, 6.07) is 11.2. The van der Waals surface area contributed by atoms with E-state index in [9.17, 15) is 5.26 Å². The molecule has 3 saturated heterocycles. The lowest BCUT2D eigenvalue weighted by atomic mass is 9.98. The van der Waals surface area contributed by atoms with E-state index in [1.807, 2.05) is 25.3 Å². The molecule has 0 unspecified atom stereocenters. The van der Waals surface area contributed by atoms with Crippen LogP contribution < -0.4 is 15.1 Å². The number of likely N-dealkylation sites (N-methyl/N-ethyl adjacent to an activating group) is 1. The molecule has 37 heavy (non-hydrogen) atoms. The molecule has 0 spiro atoms. The summed E-state index contributed by atoms with van der Waals surface area (Å²) in [4.78, 5) is 11.9. The molecular weight excluding hydrogens is 464 g/mol. The van der Waals surface area contributed by atoms with Gasteiger partial charge in [-0.2, -0.15) is 5.26 Å². The highest BCUT2D eigenvalue weighted by molar-refractivity contribution is 5.99. The number of morpholine rings is 1. The molecule has 3 aliphatic heterocycles.